The molecule has 3 aromatic rings. The molecule has 2 heterocycles. The van der Waals surface area contributed by atoms with E-state index in [0.29, 0.717) is 31.0 Å². The van der Waals surface area contributed by atoms with E-state index in [1.54, 1.807) is 6.08 Å². The highest BCUT2D eigenvalue weighted by Crippen LogP contribution is 2.24. The fraction of sp³-hybridized carbons (Fsp3) is 0.350. The zero-order valence-electron chi connectivity index (χ0n) is 16.0. The van der Waals surface area contributed by atoms with Gasteiger partial charge < -0.3 is 10.1 Å². The van der Waals surface area contributed by atoms with E-state index in [4.69, 9.17) is 4.74 Å². The second-order valence-electron chi connectivity index (χ2n) is 6.62. The molecule has 0 saturated carbocycles. The molecule has 0 radical (unpaired) electrons. The summed E-state index contributed by atoms with van der Waals surface area (Å²) in [5.74, 6) is 0.531. The smallest absolute Gasteiger partial charge is 0.226 e. The Morgan fingerprint density at radius 3 is 2.89 bits per heavy atom. The maximum Gasteiger partial charge on any atom is 0.226 e. The van der Waals surface area contributed by atoms with Gasteiger partial charge in [-0.25, -0.2) is 0 Å². The number of hydrogen-bond acceptors (Lipinski definition) is 4. The zero-order valence-corrected chi connectivity index (χ0v) is 16.0. The molecule has 0 spiro atoms. The van der Waals surface area contributed by atoms with Gasteiger partial charge in [0.25, 0.3) is 0 Å². The monoisotopic (exact) mass is 367 g/mol. The minimum absolute atomic E-state index is 0.0952. The van der Waals surface area contributed by atoms with Crippen LogP contribution in [0.1, 0.15) is 32.0 Å². The number of hydrogen-bond donors (Lipinski definition) is 1. The Bertz CT molecular complexity index is 955. The van der Waals surface area contributed by atoms with E-state index in [-0.39, 0.29) is 11.9 Å². The van der Waals surface area contributed by atoms with Crippen molar-refractivity contribution in [2.24, 2.45) is 0 Å². The molecule has 0 aliphatic carbocycles. The molecule has 2 aromatic heterocycles. The second-order valence-corrected chi connectivity index (χ2v) is 6.62. The first kappa shape index (κ1) is 18.7. The summed E-state index contributed by atoms with van der Waals surface area (Å²) in [5.41, 5.74) is 3.54. The standard InChI is InChI=1S/C20H25N5O2/c1-5-12-27-18-9-7-6-8-16(18)22-19(26)10-11-24-20-15(4)23-25(14(2)3)17(20)13-21-24/h5-9,13-14H,1,10-12H2,2-4H3,(H,22,26). The van der Waals surface area contributed by atoms with Crippen molar-refractivity contribution in [1.82, 2.24) is 19.6 Å². The summed E-state index contributed by atoms with van der Waals surface area (Å²) in [7, 11) is 0. The molecule has 0 fully saturated rings. The fourth-order valence-electron chi connectivity index (χ4n) is 3.01. The van der Waals surface area contributed by atoms with Gasteiger partial charge in [-0.05, 0) is 32.9 Å². The van der Waals surface area contributed by atoms with E-state index >= 15 is 0 Å². The highest BCUT2D eigenvalue weighted by Gasteiger charge is 2.16. The zero-order chi connectivity index (χ0) is 19.4. The van der Waals surface area contributed by atoms with Crippen molar-refractivity contribution in [2.75, 3.05) is 11.9 Å². The first-order valence-corrected chi connectivity index (χ1v) is 9.04. The quantitative estimate of drug-likeness (QED) is 0.616. The largest absolute Gasteiger partial charge is 0.487 e. The Morgan fingerprint density at radius 2 is 2.15 bits per heavy atom. The molecule has 1 N–H and O–H groups in total. The number of para-hydroxylation sites is 2. The molecule has 7 heteroatoms. The molecule has 0 bridgehead atoms. The number of carbonyl (C=O) groups excluding carboxylic acids is 1. The van der Waals surface area contributed by atoms with Gasteiger partial charge in [-0.1, -0.05) is 24.8 Å². The van der Waals surface area contributed by atoms with Gasteiger partial charge in [0.15, 0.2) is 0 Å². The predicted octanol–water partition coefficient (Wildman–Crippen LogP) is 3.72. The van der Waals surface area contributed by atoms with Crippen LogP contribution in [0.25, 0.3) is 11.0 Å². The van der Waals surface area contributed by atoms with Gasteiger partial charge in [-0.3, -0.25) is 14.2 Å². The number of benzene rings is 1. The van der Waals surface area contributed by atoms with Gasteiger partial charge in [-0.15, -0.1) is 0 Å². The number of nitrogens with zero attached hydrogens (tertiary/aromatic N) is 4. The van der Waals surface area contributed by atoms with E-state index in [0.717, 1.165) is 16.7 Å². The van der Waals surface area contributed by atoms with Crippen LogP contribution in [0.2, 0.25) is 0 Å². The van der Waals surface area contributed by atoms with Crippen molar-refractivity contribution in [2.45, 2.75) is 39.8 Å². The molecule has 0 aliphatic heterocycles. The highest BCUT2D eigenvalue weighted by molar-refractivity contribution is 5.92. The van der Waals surface area contributed by atoms with Crippen molar-refractivity contribution < 1.29 is 9.53 Å². The lowest BCUT2D eigenvalue weighted by atomic mass is 10.2. The minimum Gasteiger partial charge on any atom is -0.487 e. The molecule has 3 rings (SSSR count). The van der Waals surface area contributed by atoms with Crippen molar-refractivity contribution in [1.29, 1.82) is 0 Å². The van der Waals surface area contributed by atoms with Crippen LogP contribution in [0.4, 0.5) is 5.69 Å². The maximum atomic E-state index is 12.4. The van der Waals surface area contributed by atoms with Gasteiger partial charge in [0, 0.05) is 12.5 Å². The number of anilines is 1. The average molecular weight is 367 g/mol. The summed E-state index contributed by atoms with van der Waals surface area (Å²) in [6.45, 7) is 10.6. The number of nitrogens with one attached hydrogen (secondary N) is 1. The van der Waals surface area contributed by atoms with Crippen molar-refractivity contribution in [3.63, 3.8) is 0 Å². The molecule has 1 amide bonds. The summed E-state index contributed by atoms with van der Waals surface area (Å²) >= 11 is 0. The predicted molar refractivity (Wildman–Crippen MR) is 106 cm³/mol. The molecule has 1 aromatic carbocycles. The summed E-state index contributed by atoms with van der Waals surface area (Å²) < 4.78 is 9.38. The SMILES string of the molecule is C=CCOc1ccccc1NC(=O)CCn1ncc2c1c(C)nn2C(C)C. The third-order valence-corrected chi connectivity index (χ3v) is 4.23. The highest BCUT2D eigenvalue weighted by atomic mass is 16.5. The van der Waals surface area contributed by atoms with Gasteiger partial charge in [0.2, 0.25) is 5.91 Å². The Labute approximate surface area is 158 Å². The molecular formula is C20H25N5O2. The van der Waals surface area contributed by atoms with E-state index in [2.05, 4.69) is 35.9 Å². The molecule has 27 heavy (non-hydrogen) atoms. The summed E-state index contributed by atoms with van der Waals surface area (Å²) in [4.78, 5) is 12.4. The minimum atomic E-state index is -0.0952. The molecule has 0 saturated heterocycles. The maximum absolute atomic E-state index is 12.4. The van der Waals surface area contributed by atoms with Gasteiger partial charge in [0.05, 0.1) is 24.1 Å². The number of carbonyl (C=O) groups is 1. The van der Waals surface area contributed by atoms with E-state index in [1.165, 1.54) is 0 Å². The Morgan fingerprint density at radius 1 is 1.37 bits per heavy atom. The van der Waals surface area contributed by atoms with Crippen LogP contribution in [0, 0.1) is 6.92 Å². The average Bonchev–Trinajstić information content (AvgIpc) is 3.20. The molecule has 0 unspecified atom stereocenters. The number of aryl methyl sites for hydroxylation is 2. The number of ether oxygens (including phenoxy) is 1. The molecule has 142 valence electrons. The summed E-state index contributed by atoms with van der Waals surface area (Å²) in [6, 6.07) is 7.62. The van der Waals surface area contributed by atoms with Gasteiger partial charge in [-0.2, -0.15) is 10.2 Å². The third kappa shape index (κ3) is 4.02. The second kappa shape index (κ2) is 8.07. The molecular weight excluding hydrogens is 342 g/mol. The lowest BCUT2D eigenvalue weighted by molar-refractivity contribution is -0.116. The van der Waals surface area contributed by atoms with Crippen LogP contribution in [0.5, 0.6) is 5.75 Å². The van der Waals surface area contributed by atoms with Crippen LogP contribution in [-0.4, -0.2) is 32.1 Å². The summed E-state index contributed by atoms with van der Waals surface area (Å²) in [6.07, 6.45) is 3.78. The fourth-order valence-corrected chi connectivity index (χ4v) is 3.01. The lowest BCUT2D eigenvalue weighted by Crippen LogP contribution is -2.15. The molecule has 0 atom stereocenters. The van der Waals surface area contributed by atoms with Crippen LogP contribution in [0.15, 0.2) is 43.1 Å². The van der Waals surface area contributed by atoms with Gasteiger partial charge in [0.1, 0.15) is 23.4 Å². The number of fused-ring (bicyclic) bond motifs is 1. The summed E-state index contributed by atoms with van der Waals surface area (Å²) in [5, 5.41) is 11.9. The molecule has 7 nitrogen and oxygen atoms in total. The topological polar surface area (TPSA) is 74.0 Å². The number of rotatable bonds is 8. The van der Waals surface area contributed by atoms with Crippen molar-refractivity contribution in [3.8, 4) is 5.75 Å². The Balaban J connectivity index is 1.68. The first-order chi connectivity index (χ1) is 13.0. The van der Waals surface area contributed by atoms with E-state index in [1.807, 2.05) is 46.7 Å². The van der Waals surface area contributed by atoms with E-state index in [9.17, 15) is 4.79 Å². The Hall–Kier alpha value is -3.09. The number of aromatic nitrogens is 4. The van der Waals surface area contributed by atoms with Crippen LogP contribution in [0.3, 0.4) is 0 Å². The first-order valence-electron chi connectivity index (χ1n) is 9.04. The lowest BCUT2D eigenvalue weighted by Gasteiger charge is -2.11. The van der Waals surface area contributed by atoms with Gasteiger partial charge >= 0.3 is 0 Å². The van der Waals surface area contributed by atoms with Crippen molar-refractivity contribution in [3.05, 3.63) is 48.8 Å². The van der Waals surface area contributed by atoms with Crippen LogP contribution in [-0.2, 0) is 11.3 Å². The van der Waals surface area contributed by atoms with Crippen molar-refractivity contribution >= 4 is 22.6 Å². The van der Waals surface area contributed by atoms with E-state index < -0.39 is 0 Å². The normalized spacial score (nSPS) is 11.1. The third-order valence-electron chi connectivity index (χ3n) is 4.23. The molecule has 0 aliphatic rings. The van der Waals surface area contributed by atoms with Crippen LogP contribution >= 0.6 is 0 Å². The number of amides is 1. The Kier molecular flexibility index (Phi) is 5.59. The van der Waals surface area contributed by atoms with Crippen LogP contribution < -0.4 is 10.1 Å².